The van der Waals surface area contributed by atoms with E-state index < -0.39 is 0 Å². The molecule has 2 rings (SSSR count). The zero-order valence-electron chi connectivity index (χ0n) is 12.3. The van der Waals surface area contributed by atoms with Gasteiger partial charge < -0.3 is 19.5 Å². The number of rotatable bonds is 6. The summed E-state index contributed by atoms with van der Waals surface area (Å²) >= 11 is 1.94. The lowest BCUT2D eigenvalue weighted by Crippen LogP contribution is -2.38. The van der Waals surface area contributed by atoms with Gasteiger partial charge in [0.1, 0.15) is 11.5 Å². The van der Waals surface area contributed by atoms with Crippen molar-refractivity contribution in [1.29, 1.82) is 0 Å². The molecule has 1 aliphatic rings. The van der Waals surface area contributed by atoms with Crippen LogP contribution in [0.2, 0.25) is 0 Å². The average Bonchev–Trinajstić information content (AvgIpc) is 2.53. The van der Waals surface area contributed by atoms with Gasteiger partial charge in [-0.15, -0.1) is 0 Å². The third-order valence-corrected chi connectivity index (χ3v) is 4.43. The van der Waals surface area contributed by atoms with Gasteiger partial charge in [0.05, 0.1) is 33.0 Å². The minimum atomic E-state index is 0.123. The van der Waals surface area contributed by atoms with Crippen molar-refractivity contribution in [1.82, 2.24) is 5.32 Å². The molecule has 4 nitrogen and oxygen atoms in total. The monoisotopic (exact) mass is 297 g/mol. The van der Waals surface area contributed by atoms with Crippen LogP contribution in [0.5, 0.6) is 11.5 Å². The van der Waals surface area contributed by atoms with Crippen molar-refractivity contribution >= 4 is 11.8 Å². The van der Waals surface area contributed by atoms with Crippen molar-refractivity contribution in [2.75, 3.05) is 38.9 Å². The zero-order chi connectivity index (χ0) is 14.4. The maximum Gasteiger partial charge on any atom is 0.124 e. The Hall–Kier alpha value is -0.910. The van der Waals surface area contributed by atoms with Crippen molar-refractivity contribution < 1.29 is 14.2 Å². The quantitative estimate of drug-likeness (QED) is 0.873. The molecule has 1 heterocycles. The van der Waals surface area contributed by atoms with Gasteiger partial charge in [-0.3, -0.25) is 0 Å². The van der Waals surface area contributed by atoms with E-state index in [1.54, 1.807) is 14.2 Å². The van der Waals surface area contributed by atoms with Crippen molar-refractivity contribution in [2.24, 2.45) is 0 Å². The molecule has 2 unspecified atom stereocenters. The van der Waals surface area contributed by atoms with E-state index in [-0.39, 0.29) is 12.1 Å². The Labute approximate surface area is 125 Å². The van der Waals surface area contributed by atoms with E-state index in [1.165, 1.54) is 0 Å². The lowest BCUT2D eigenvalue weighted by Gasteiger charge is -2.32. The second-order valence-electron chi connectivity index (χ2n) is 4.63. The Kier molecular flexibility index (Phi) is 6.01. The number of nitrogens with one attached hydrogen (secondary N) is 1. The summed E-state index contributed by atoms with van der Waals surface area (Å²) in [5, 5.41) is 3.52. The Morgan fingerprint density at radius 2 is 2.25 bits per heavy atom. The van der Waals surface area contributed by atoms with Gasteiger partial charge in [0, 0.05) is 17.1 Å². The number of methoxy groups -OCH3 is 2. The third kappa shape index (κ3) is 3.59. The van der Waals surface area contributed by atoms with Crippen LogP contribution < -0.4 is 14.8 Å². The first-order valence-corrected chi connectivity index (χ1v) is 8.10. The summed E-state index contributed by atoms with van der Waals surface area (Å²) < 4.78 is 16.8. The summed E-state index contributed by atoms with van der Waals surface area (Å²) in [6.07, 6.45) is 0.162. The Bertz CT molecular complexity index is 422. The number of ether oxygens (including phenoxy) is 3. The van der Waals surface area contributed by atoms with E-state index in [0.29, 0.717) is 0 Å². The zero-order valence-corrected chi connectivity index (χ0v) is 13.2. The van der Waals surface area contributed by atoms with Crippen LogP contribution in [-0.4, -0.2) is 45.0 Å². The van der Waals surface area contributed by atoms with Crippen LogP contribution in [-0.2, 0) is 4.74 Å². The number of benzene rings is 1. The second kappa shape index (κ2) is 7.76. The summed E-state index contributed by atoms with van der Waals surface area (Å²) in [4.78, 5) is 0. The van der Waals surface area contributed by atoms with E-state index in [4.69, 9.17) is 14.2 Å². The smallest absolute Gasteiger partial charge is 0.124 e. The van der Waals surface area contributed by atoms with Gasteiger partial charge >= 0.3 is 0 Å². The van der Waals surface area contributed by atoms with E-state index in [0.717, 1.165) is 41.7 Å². The normalized spacial score (nSPS) is 20.4. The summed E-state index contributed by atoms with van der Waals surface area (Å²) in [5.74, 6) is 3.78. The maximum absolute atomic E-state index is 5.94. The highest BCUT2D eigenvalue weighted by Crippen LogP contribution is 2.34. The van der Waals surface area contributed by atoms with Gasteiger partial charge in [-0.25, -0.2) is 0 Å². The highest BCUT2D eigenvalue weighted by molar-refractivity contribution is 7.99. The fourth-order valence-electron chi connectivity index (χ4n) is 2.44. The number of hydrogen-bond donors (Lipinski definition) is 1. The Morgan fingerprint density at radius 3 is 2.85 bits per heavy atom. The maximum atomic E-state index is 5.94. The molecule has 5 heteroatoms. The minimum absolute atomic E-state index is 0.123. The van der Waals surface area contributed by atoms with Crippen LogP contribution in [0.3, 0.4) is 0 Å². The topological polar surface area (TPSA) is 39.7 Å². The molecule has 0 bridgehead atoms. The summed E-state index contributed by atoms with van der Waals surface area (Å²) in [6.45, 7) is 3.80. The molecule has 1 N–H and O–H groups in total. The molecule has 0 amide bonds. The summed E-state index contributed by atoms with van der Waals surface area (Å²) in [5.41, 5.74) is 1.10. The van der Waals surface area contributed by atoms with E-state index in [9.17, 15) is 0 Å². The standard InChI is InChI=1S/C15H23NO3S/c1-4-16-15(14-10-20-8-7-19-14)12-9-11(17-2)5-6-13(12)18-3/h5-6,9,14-16H,4,7-8,10H2,1-3H3. The predicted molar refractivity (Wildman–Crippen MR) is 83.0 cm³/mol. The van der Waals surface area contributed by atoms with Crippen LogP contribution >= 0.6 is 11.8 Å². The van der Waals surface area contributed by atoms with Crippen LogP contribution in [0.4, 0.5) is 0 Å². The van der Waals surface area contributed by atoms with Gasteiger partial charge in [-0.05, 0) is 24.7 Å². The highest BCUT2D eigenvalue weighted by Gasteiger charge is 2.28. The van der Waals surface area contributed by atoms with Gasteiger partial charge in [0.25, 0.3) is 0 Å². The first kappa shape index (κ1) is 15.5. The molecular weight excluding hydrogens is 274 g/mol. The SMILES string of the molecule is CCNC(c1cc(OC)ccc1OC)C1CSCCO1. The van der Waals surface area contributed by atoms with E-state index in [2.05, 4.69) is 12.2 Å². The Balaban J connectivity index is 2.30. The number of hydrogen-bond acceptors (Lipinski definition) is 5. The molecule has 2 atom stereocenters. The summed E-state index contributed by atoms with van der Waals surface area (Å²) in [6, 6.07) is 6.03. The molecule has 20 heavy (non-hydrogen) atoms. The van der Waals surface area contributed by atoms with Gasteiger partial charge in [0.15, 0.2) is 0 Å². The Morgan fingerprint density at radius 1 is 1.40 bits per heavy atom. The second-order valence-corrected chi connectivity index (χ2v) is 5.78. The van der Waals surface area contributed by atoms with Crippen molar-refractivity contribution in [3.05, 3.63) is 23.8 Å². The highest BCUT2D eigenvalue weighted by atomic mass is 32.2. The van der Waals surface area contributed by atoms with Crippen molar-refractivity contribution in [3.8, 4) is 11.5 Å². The molecule has 1 saturated heterocycles. The molecule has 0 spiro atoms. The van der Waals surface area contributed by atoms with Gasteiger partial charge in [-0.2, -0.15) is 11.8 Å². The van der Waals surface area contributed by atoms with Gasteiger partial charge in [0.2, 0.25) is 0 Å². The average molecular weight is 297 g/mol. The predicted octanol–water partition coefficient (Wildman–Crippen LogP) is 2.49. The largest absolute Gasteiger partial charge is 0.497 e. The number of thioether (sulfide) groups is 1. The molecule has 0 aliphatic carbocycles. The lowest BCUT2D eigenvalue weighted by molar-refractivity contribution is 0.0465. The minimum Gasteiger partial charge on any atom is -0.497 e. The fourth-order valence-corrected chi connectivity index (χ4v) is 3.34. The third-order valence-electron chi connectivity index (χ3n) is 3.41. The van der Waals surface area contributed by atoms with Crippen LogP contribution in [0.1, 0.15) is 18.5 Å². The first-order valence-electron chi connectivity index (χ1n) is 6.94. The molecule has 1 fully saturated rings. The lowest BCUT2D eigenvalue weighted by atomic mass is 10.0. The van der Waals surface area contributed by atoms with Gasteiger partial charge in [-0.1, -0.05) is 6.92 Å². The summed E-state index contributed by atoms with van der Waals surface area (Å²) in [7, 11) is 3.38. The fraction of sp³-hybridized carbons (Fsp3) is 0.600. The number of likely N-dealkylation sites (N-methyl/N-ethyl adjacent to an activating group) is 1. The van der Waals surface area contributed by atoms with E-state index >= 15 is 0 Å². The molecule has 1 aromatic carbocycles. The van der Waals surface area contributed by atoms with Crippen LogP contribution in [0.25, 0.3) is 0 Å². The molecular formula is C15H23NO3S. The van der Waals surface area contributed by atoms with Crippen LogP contribution in [0, 0.1) is 0 Å². The molecule has 1 aliphatic heterocycles. The van der Waals surface area contributed by atoms with Crippen molar-refractivity contribution in [3.63, 3.8) is 0 Å². The molecule has 1 aromatic rings. The van der Waals surface area contributed by atoms with Crippen molar-refractivity contribution in [2.45, 2.75) is 19.1 Å². The first-order chi connectivity index (χ1) is 9.80. The van der Waals surface area contributed by atoms with Crippen LogP contribution in [0.15, 0.2) is 18.2 Å². The molecule has 0 aromatic heterocycles. The molecule has 112 valence electrons. The molecule has 0 saturated carbocycles. The van der Waals surface area contributed by atoms with E-state index in [1.807, 2.05) is 30.0 Å². The molecule has 0 radical (unpaired) electrons.